The van der Waals surface area contributed by atoms with Gasteiger partial charge in [-0.1, -0.05) is 6.07 Å². The van der Waals surface area contributed by atoms with Gasteiger partial charge in [-0.15, -0.1) is 0 Å². The summed E-state index contributed by atoms with van der Waals surface area (Å²) in [6.07, 6.45) is 0. The number of aryl methyl sites for hydroxylation is 2. The van der Waals surface area contributed by atoms with E-state index in [0.29, 0.717) is 35.1 Å². The van der Waals surface area contributed by atoms with Crippen LogP contribution in [0.1, 0.15) is 21.5 Å². The number of carbonyl (C=O) groups excluding carboxylic acids is 1. The van der Waals surface area contributed by atoms with Gasteiger partial charge in [-0.3, -0.25) is 0 Å². The number of aliphatic hydroxyl groups excluding tert-OH is 1. The molecule has 0 saturated carbocycles. The molecular formula is C19H21N3O4. The van der Waals surface area contributed by atoms with E-state index in [-0.39, 0.29) is 12.6 Å². The van der Waals surface area contributed by atoms with Crippen LogP contribution in [-0.4, -0.2) is 34.3 Å². The first-order chi connectivity index (χ1) is 12.5. The maximum atomic E-state index is 11.8. The van der Waals surface area contributed by atoms with E-state index in [4.69, 9.17) is 15.2 Å². The van der Waals surface area contributed by atoms with Crippen molar-refractivity contribution in [3.63, 3.8) is 0 Å². The van der Waals surface area contributed by atoms with Gasteiger partial charge < -0.3 is 24.9 Å². The molecule has 7 heteroatoms. The molecular weight excluding hydrogens is 334 g/mol. The van der Waals surface area contributed by atoms with Crippen LogP contribution in [-0.2, 0) is 11.3 Å². The van der Waals surface area contributed by atoms with E-state index >= 15 is 0 Å². The van der Waals surface area contributed by atoms with Crippen molar-refractivity contribution in [1.29, 1.82) is 0 Å². The summed E-state index contributed by atoms with van der Waals surface area (Å²) in [6.45, 7) is 4.06. The Balaban J connectivity index is 2.04. The fraction of sp³-hybridized carbons (Fsp3) is 0.263. The van der Waals surface area contributed by atoms with Crippen molar-refractivity contribution in [3.05, 3.63) is 47.0 Å². The number of benzene rings is 2. The van der Waals surface area contributed by atoms with Crippen molar-refractivity contribution >= 4 is 23.0 Å². The number of nitrogen functional groups attached to an aromatic ring is 1. The van der Waals surface area contributed by atoms with Gasteiger partial charge in [-0.2, -0.15) is 0 Å². The Morgan fingerprint density at radius 1 is 1.27 bits per heavy atom. The van der Waals surface area contributed by atoms with Crippen molar-refractivity contribution in [1.82, 2.24) is 9.55 Å². The lowest BCUT2D eigenvalue weighted by Gasteiger charge is -2.13. The number of hydrogen-bond donors (Lipinski definition) is 2. The Hall–Kier alpha value is -3.06. The van der Waals surface area contributed by atoms with E-state index in [1.807, 2.05) is 32.0 Å². The number of hydrogen-bond acceptors (Lipinski definition) is 6. The van der Waals surface area contributed by atoms with Crippen molar-refractivity contribution in [2.24, 2.45) is 0 Å². The summed E-state index contributed by atoms with van der Waals surface area (Å²) in [4.78, 5) is 16.1. The van der Waals surface area contributed by atoms with Crippen molar-refractivity contribution in [2.45, 2.75) is 20.4 Å². The van der Waals surface area contributed by atoms with Crippen LogP contribution in [0.15, 0.2) is 30.3 Å². The van der Waals surface area contributed by atoms with Gasteiger partial charge in [0.2, 0.25) is 5.95 Å². The number of fused-ring (bicyclic) bond motifs is 1. The molecule has 0 aliphatic heterocycles. The molecule has 0 aliphatic rings. The predicted molar refractivity (Wildman–Crippen MR) is 98.6 cm³/mol. The van der Waals surface area contributed by atoms with E-state index in [1.165, 1.54) is 7.11 Å². The summed E-state index contributed by atoms with van der Waals surface area (Å²) in [5.74, 6) is 1.14. The van der Waals surface area contributed by atoms with Gasteiger partial charge in [0.25, 0.3) is 0 Å². The lowest BCUT2D eigenvalue weighted by Crippen LogP contribution is -2.05. The SMILES string of the molecule is COC(=O)c1cc(C)c(Oc2cccc3c2nc(N)n3CCO)c(C)c1. The molecule has 1 aromatic heterocycles. The van der Waals surface area contributed by atoms with E-state index in [1.54, 1.807) is 16.7 Å². The summed E-state index contributed by atoms with van der Waals surface area (Å²) < 4.78 is 12.6. The Bertz CT molecular complexity index is 955. The molecule has 136 valence electrons. The first-order valence-corrected chi connectivity index (χ1v) is 8.19. The number of nitrogens with two attached hydrogens (primary N) is 1. The van der Waals surface area contributed by atoms with E-state index in [0.717, 1.165) is 16.6 Å². The number of aromatic nitrogens is 2. The number of esters is 1. The summed E-state index contributed by atoms with van der Waals surface area (Å²) in [6, 6.07) is 8.99. The topological polar surface area (TPSA) is 99.6 Å². The van der Waals surface area contributed by atoms with Gasteiger partial charge >= 0.3 is 5.97 Å². The van der Waals surface area contributed by atoms with Gasteiger partial charge in [-0.25, -0.2) is 9.78 Å². The molecule has 0 aliphatic carbocycles. The van der Waals surface area contributed by atoms with Crippen LogP contribution in [0.5, 0.6) is 11.5 Å². The molecule has 3 aromatic rings. The third kappa shape index (κ3) is 3.09. The number of imidazole rings is 1. The molecule has 0 radical (unpaired) electrons. The van der Waals surface area contributed by atoms with E-state index < -0.39 is 0 Å². The second-order valence-electron chi connectivity index (χ2n) is 6.00. The minimum atomic E-state index is -0.389. The summed E-state index contributed by atoms with van der Waals surface area (Å²) in [5, 5.41) is 9.22. The predicted octanol–water partition coefficient (Wildman–Crippen LogP) is 2.81. The van der Waals surface area contributed by atoms with Crippen molar-refractivity contribution in [3.8, 4) is 11.5 Å². The summed E-state index contributed by atoms with van der Waals surface area (Å²) in [5.41, 5.74) is 9.47. The second kappa shape index (κ2) is 7.05. The number of carbonyl (C=O) groups is 1. The highest BCUT2D eigenvalue weighted by molar-refractivity contribution is 5.90. The molecule has 0 saturated heterocycles. The highest BCUT2D eigenvalue weighted by Gasteiger charge is 2.16. The van der Waals surface area contributed by atoms with E-state index in [9.17, 15) is 9.90 Å². The molecule has 26 heavy (non-hydrogen) atoms. The Labute approximate surface area is 151 Å². The number of anilines is 1. The van der Waals surface area contributed by atoms with E-state index in [2.05, 4.69) is 4.98 Å². The monoisotopic (exact) mass is 355 g/mol. The smallest absolute Gasteiger partial charge is 0.337 e. The largest absolute Gasteiger partial charge is 0.465 e. The molecule has 0 spiro atoms. The number of ether oxygens (including phenoxy) is 2. The van der Waals surface area contributed by atoms with Gasteiger partial charge in [0.1, 0.15) is 11.3 Å². The molecule has 3 rings (SSSR count). The molecule has 0 amide bonds. The van der Waals surface area contributed by atoms with Gasteiger partial charge in [0.15, 0.2) is 5.75 Å². The molecule has 1 heterocycles. The number of methoxy groups -OCH3 is 1. The van der Waals surface area contributed by atoms with Crippen LogP contribution in [0.25, 0.3) is 11.0 Å². The summed E-state index contributed by atoms with van der Waals surface area (Å²) in [7, 11) is 1.35. The Morgan fingerprint density at radius 2 is 1.96 bits per heavy atom. The third-order valence-corrected chi connectivity index (χ3v) is 4.19. The van der Waals surface area contributed by atoms with Gasteiger partial charge in [0, 0.05) is 6.54 Å². The zero-order chi connectivity index (χ0) is 18.8. The van der Waals surface area contributed by atoms with Crippen LogP contribution in [0.2, 0.25) is 0 Å². The average molecular weight is 355 g/mol. The number of nitrogens with zero attached hydrogens (tertiary/aromatic N) is 2. The quantitative estimate of drug-likeness (QED) is 0.683. The Kier molecular flexibility index (Phi) is 4.81. The van der Waals surface area contributed by atoms with Crippen LogP contribution in [0.3, 0.4) is 0 Å². The molecule has 0 fully saturated rings. The minimum absolute atomic E-state index is 0.0338. The number of rotatable bonds is 5. The van der Waals surface area contributed by atoms with Gasteiger partial charge in [-0.05, 0) is 49.2 Å². The minimum Gasteiger partial charge on any atom is -0.465 e. The fourth-order valence-corrected chi connectivity index (χ4v) is 3.01. The van der Waals surface area contributed by atoms with Crippen LogP contribution < -0.4 is 10.5 Å². The summed E-state index contributed by atoms with van der Waals surface area (Å²) >= 11 is 0. The van der Waals surface area contributed by atoms with Gasteiger partial charge in [0.05, 0.1) is 24.8 Å². The fourth-order valence-electron chi connectivity index (χ4n) is 3.01. The average Bonchev–Trinajstić information content (AvgIpc) is 2.94. The molecule has 2 aromatic carbocycles. The first kappa shape index (κ1) is 17.8. The zero-order valence-electron chi connectivity index (χ0n) is 14.9. The van der Waals surface area contributed by atoms with Crippen molar-refractivity contribution in [2.75, 3.05) is 19.5 Å². The number of aliphatic hydroxyl groups is 1. The van der Waals surface area contributed by atoms with Crippen LogP contribution >= 0.6 is 0 Å². The lowest BCUT2D eigenvalue weighted by molar-refractivity contribution is 0.0600. The molecule has 3 N–H and O–H groups in total. The third-order valence-electron chi connectivity index (χ3n) is 4.19. The Morgan fingerprint density at radius 3 is 2.58 bits per heavy atom. The molecule has 7 nitrogen and oxygen atoms in total. The highest BCUT2D eigenvalue weighted by Crippen LogP contribution is 2.34. The highest BCUT2D eigenvalue weighted by atomic mass is 16.5. The lowest BCUT2D eigenvalue weighted by atomic mass is 10.1. The first-order valence-electron chi connectivity index (χ1n) is 8.19. The maximum absolute atomic E-state index is 11.8. The molecule has 0 bridgehead atoms. The molecule has 0 atom stereocenters. The maximum Gasteiger partial charge on any atom is 0.337 e. The second-order valence-corrected chi connectivity index (χ2v) is 6.00. The normalized spacial score (nSPS) is 10.9. The van der Waals surface area contributed by atoms with Crippen LogP contribution in [0, 0.1) is 13.8 Å². The standard InChI is InChI=1S/C19H21N3O4/c1-11-9-13(18(24)25-3)10-12(2)17(11)26-15-6-4-5-14-16(15)21-19(20)22(14)7-8-23/h4-6,9-10,23H,7-8H2,1-3H3,(H2,20,21). The van der Waals surface area contributed by atoms with Crippen LogP contribution in [0.4, 0.5) is 5.95 Å². The van der Waals surface area contributed by atoms with Crippen molar-refractivity contribution < 1.29 is 19.4 Å². The number of para-hydroxylation sites is 1. The zero-order valence-corrected chi connectivity index (χ0v) is 14.9. The molecule has 0 unspecified atom stereocenters.